The Balaban J connectivity index is 2.50. The van der Waals surface area contributed by atoms with E-state index in [-0.39, 0.29) is 24.4 Å². The average Bonchev–Trinajstić information content (AvgIpc) is 2.30. The standard InChI is InChI=1S/C10H18N2O3/c1-8-6-9(13)11-7-10(14)12(8)4-3-5-15-2/h8H,3-7H2,1-2H3,(H,11,13). The molecular weight excluding hydrogens is 196 g/mol. The van der Waals surface area contributed by atoms with E-state index in [4.69, 9.17) is 4.74 Å². The average molecular weight is 214 g/mol. The highest BCUT2D eigenvalue weighted by molar-refractivity contribution is 5.87. The van der Waals surface area contributed by atoms with Crippen LogP contribution in [0.1, 0.15) is 19.8 Å². The SMILES string of the molecule is COCCCN1C(=O)CNC(=O)CC1C. The molecule has 0 aliphatic carbocycles. The third-order valence-corrected chi connectivity index (χ3v) is 2.52. The van der Waals surface area contributed by atoms with Gasteiger partial charge in [-0.05, 0) is 13.3 Å². The molecule has 0 radical (unpaired) electrons. The Morgan fingerprint density at radius 2 is 2.27 bits per heavy atom. The van der Waals surface area contributed by atoms with E-state index in [0.29, 0.717) is 19.6 Å². The highest BCUT2D eigenvalue weighted by Gasteiger charge is 2.25. The topological polar surface area (TPSA) is 58.6 Å². The number of hydrogen-bond acceptors (Lipinski definition) is 3. The largest absolute Gasteiger partial charge is 0.385 e. The molecule has 1 rings (SSSR count). The maximum Gasteiger partial charge on any atom is 0.242 e. The number of amides is 2. The Morgan fingerprint density at radius 3 is 2.93 bits per heavy atom. The van der Waals surface area contributed by atoms with Crippen molar-refractivity contribution >= 4 is 11.8 Å². The zero-order valence-electron chi connectivity index (χ0n) is 9.28. The predicted molar refractivity (Wildman–Crippen MR) is 55.3 cm³/mol. The third kappa shape index (κ3) is 3.51. The maximum absolute atomic E-state index is 11.6. The lowest BCUT2D eigenvalue weighted by Gasteiger charge is -2.26. The predicted octanol–water partition coefficient (Wildman–Crippen LogP) is -0.240. The number of nitrogens with one attached hydrogen (secondary N) is 1. The molecule has 1 heterocycles. The van der Waals surface area contributed by atoms with E-state index < -0.39 is 0 Å². The summed E-state index contributed by atoms with van der Waals surface area (Å²) in [5, 5.41) is 2.58. The van der Waals surface area contributed by atoms with Crippen LogP contribution in [0.15, 0.2) is 0 Å². The molecule has 0 aromatic carbocycles. The quantitative estimate of drug-likeness (QED) is 0.657. The van der Waals surface area contributed by atoms with Gasteiger partial charge in [-0.2, -0.15) is 0 Å². The molecule has 0 spiro atoms. The number of carbonyl (C=O) groups excluding carboxylic acids is 2. The Bertz CT molecular complexity index is 243. The summed E-state index contributed by atoms with van der Waals surface area (Å²) in [5.74, 6) is -0.0606. The van der Waals surface area contributed by atoms with E-state index in [1.165, 1.54) is 0 Å². The molecule has 1 unspecified atom stereocenters. The minimum Gasteiger partial charge on any atom is -0.385 e. The molecule has 86 valence electrons. The summed E-state index contributed by atoms with van der Waals surface area (Å²) in [6, 6.07) is -0.0168. The van der Waals surface area contributed by atoms with Gasteiger partial charge in [-0.25, -0.2) is 0 Å². The van der Waals surface area contributed by atoms with Crippen LogP contribution in [0.5, 0.6) is 0 Å². The number of carbonyl (C=O) groups is 2. The molecular formula is C10H18N2O3. The van der Waals surface area contributed by atoms with Crippen LogP contribution < -0.4 is 5.32 Å². The van der Waals surface area contributed by atoms with Crippen LogP contribution in [0, 0.1) is 0 Å². The molecule has 1 saturated heterocycles. The van der Waals surface area contributed by atoms with Crippen LogP contribution >= 0.6 is 0 Å². The van der Waals surface area contributed by atoms with Crippen LogP contribution in [0.4, 0.5) is 0 Å². The molecule has 0 saturated carbocycles. The number of methoxy groups -OCH3 is 1. The van der Waals surface area contributed by atoms with Crippen molar-refractivity contribution in [2.45, 2.75) is 25.8 Å². The van der Waals surface area contributed by atoms with Gasteiger partial charge in [0.05, 0.1) is 6.54 Å². The van der Waals surface area contributed by atoms with E-state index in [9.17, 15) is 9.59 Å². The van der Waals surface area contributed by atoms with Crippen LogP contribution in [0.2, 0.25) is 0 Å². The van der Waals surface area contributed by atoms with E-state index >= 15 is 0 Å². The smallest absolute Gasteiger partial charge is 0.242 e. The molecule has 15 heavy (non-hydrogen) atoms. The number of nitrogens with zero attached hydrogens (tertiary/aromatic N) is 1. The Morgan fingerprint density at radius 1 is 1.53 bits per heavy atom. The summed E-state index contributed by atoms with van der Waals surface area (Å²) >= 11 is 0. The van der Waals surface area contributed by atoms with Gasteiger partial charge in [0.2, 0.25) is 11.8 Å². The molecule has 1 aliphatic heterocycles. The van der Waals surface area contributed by atoms with Crippen molar-refractivity contribution in [1.82, 2.24) is 10.2 Å². The molecule has 1 atom stereocenters. The van der Waals surface area contributed by atoms with Crippen LogP contribution in [0.25, 0.3) is 0 Å². The summed E-state index contributed by atoms with van der Waals surface area (Å²) in [7, 11) is 1.64. The minimum absolute atomic E-state index is 0.00977. The first kappa shape index (κ1) is 12.0. The number of ether oxygens (including phenoxy) is 1. The van der Waals surface area contributed by atoms with Gasteiger partial charge in [-0.3, -0.25) is 9.59 Å². The fourth-order valence-corrected chi connectivity index (χ4v) is 1.70. The van der Waals surface area contributed by atoms with Gasteiger partial charge in [0.15, 0.2) is 0 Å². The van der Waals surface area contributed by atoms with Gasteiger partial charge in [-0.1, -0.05) is 0 Å². The van der Waals surface area contributed by atoms with Crippen molar-refractivity contribution in [1.29, 1.82) is 0 Å². The monoisotopic (exact) mass is 214 g/mol. The molecule has 1 fully saturated rings. The molecule has 0 aromatic heterocycles. The lowest BCUT2D eigenvalue weighted by molar-refractivity contribution is -0.131. The fourth-order valence-electron chi connectivity index (χ4n) is 1.70. The van der Waals surface area contributed by atoms with Gasteiger partial charge in [0.25, 0.3) is 0 Å². The summed E-state index contributed by atoms with van der Waals surface area (Å²) in [4.78, 5) is 24.6. The first-order chi connectivity index (χ1) is 7.15. The zero-order chi connectivity index (χ0) is 11.3. The van der Waals surface area contributed by atoms with Crippen molar-refractivity contribution in [3.8, 4) is 0 Å². The van der Waals surface area contributed by atoms with Crippen LogP contribution in [-0.4, -0.2) is 49.6 Å². The van der Waals surface area contributed by atoms with E-state index in [0.717, 1.165) is 6.42 Å². The van der Waals surface area contributed by atoms with Gasteiger partial charge in [0, 0.05) is 32.7 Å². The van der Waals surface area contributed by atoms with Gasteiger partial charge >= 0.3 is 0 Å². The van der Waals surface area contributed by atoms with Crippen LogP contribution in [0.3, 0.4) is 0 Å². The van der Waals surface area contributed by atoms with Crippen molar-refractivity contribution in [3.63, 3.8) is 0 Å². The van der Waals surface area contributed by atoms with Gasteiger partial charge < -0.3 is 15.0 Å². The highest BCUT2D eigenvalue weighted by atomic mass is 16.5. The fraction of sp³-hybridized carbons (Fsp3) is 0.800. The normalized spacial score (nSPS) is 22.5. The Labute approximate surface area is 89.8 Å². The summed E-state index contributed by atoms with van der Waals surface area (Å²) in [5.41, 5.74) is 0. The van der Waals surface area contributed by atoms with Crippen molar-refractivity contribution in [2.24, 2.45) is 0 Å². The Hall–Kier alpha value is -1.10. The number of rotatable bonds is 4. The van der Waals surface area contributed by atoms with Gasteiger partial charge in [-0.15, -0.1) is 0 Å². The highest BCUT2D eigenvalue weighted by Crippen LogP contribution is 2.08. The Kier molecular flexibility index (Phi) is 4.55. The third-order valence-electron chi connectivity index (χ3n) is 2.52. The second kappa shape index (κ2) is 5.70. The minimum atomic E-state index is -0.0508. The van der Waals surface area contributed by atoms with E-state index in [1.807, 2.05) is 6.92 Å². The summed E-state index contributed by atoms with van der Waals surface area (Å²) in [6.45, 7) is 3.31. The second-order valence-corrected chi connectivity index (χ2v) is 3.76. The number of hydrogen-bond donors (Lipinski definition) is 1. The molecule has 5 nitrogen and oxygen atoms in total. The van der Waals surface area contributed by atoms with E-state index in [1.54, 1.807) is 12.0 Å². The van der Waals surface area contributed by atoms with Crippen LogP contribution in [-0.2, 0) is 14.3 Å². The first-order valence-corrected chi connectivity index (χ1v) is 5.20. The van der Waals surface area contributed by atoms with Crippen molar-refractivity contribution in [2.75, 3.05) is 26.8 Å². The molecule has 0 bridgehead atoms. The first-order valence-electron chi connectivity index (χ1n) is 5.20. The molecule has 0 aromatic rings. The van der Waals surface area contributed by atoms with Gasteiger partial charge in [0.1, 0.15) is 0 Å². The van der Waals surface area contributed by atoms with Crippen molar-refractivity contribution in [3.05, 3.63) is 0 Å². The molecule has 1 N–H and O–H groups in total. The molecule has 1 aliphatic rings. The summed E-state index contributed by atoms with van der Waals surface area (Å²) < 4.78 is 4.94. The maximum atomic E-state index is 11.6. The zero-order valence-corrected chi connectivity index (χ0v) is 9.28. The molecule has 2 amide bonds. The van der Waals surface area contributed by atoms with Crippen molar-refractivity contribution < 1.29 is 14.3 Å². The lowest BCUT2D eigenvalue weighted by atomic mass is 10.2. The molecule has 5 heteroatoms. The lowest BCUT2D eigenvalue weighted by Crippen LogP contribution is -2.40. The second-order valence-electron chi connectivity index (χ2n) is 3.76. The van der Waals surface area contributed by atoms with E-state index in [2.05, 4.69) is 5.32 Å². The summed E-state index contributed by atoms with van der Waals surface area (Å²) in [6.07, 6.45) is 1.19.